The first-order valence-electron chi connectivity index (χ1n) is 1.72. The smallest absolute Gasteiger partial charge is 0.364 e. The summed E-state index contributed by atoms with van der Waals surface area (Å²) in [6.07, 6.45) is 0. The Labute approximate surface area is 38.1 Å². The third-order valence-corrected chi connectivity index (χ3v) is 0.471. The van der Waals surface area contributed by atoms with E-state index in [9.17, 15) is 4.32 Å². The van der Waals surface area contributed by atoms with E-state index in [1.807, 2.05) is 0 Å². The third kappa shape index (κ3) is 2.27. The molecule has 1 atom stereocenters. The number of rotatable bonds is 1. The van der Waals surface area contributed by atoms with Gasteiger partial charge in [0.1, 0.15) is 7.85 Å². The van der Waals surface area contributed by atoms with Crippen LogP contribution in [-0.2, 0) is 0 Å². The van der Waals surface area contributed by atoms with E-state index in [0.717, 1.165) is 0 Å². The fourth-order valence-electron chi connectivity index (χ4n) is 0. The van der Waals surface area contributed by atoms with Crippen molar-refractivity contribution in [3.63, 3.8) is 0 Å². The number of halogens is 1. The van der Waals surface area contributed by atoms with Gasteiger partial charge in [-0.15, -0.1) is 0 Å². The van der Waals surface area contributed by atoms with Crippen LogP contribution in [0.5, 0.6) is 0 Å². The molecule has 0 aliphatic heterocycles. The van der Waals surface area contributed by atoms with Crippen molar-refractivity contribution in [3.8, 4) is 0 Å². The molecule has 1 N–H and O–H groups in total. The van der Waals surface area contributed by atoms with Crippen LogP contribution in [0.4, 0.5) is 4.32 Å². The quantitative estimate of drug-likeness (QED) is 0.430. The molecule has 0 aliphatic carbocycles. The second-order valence-corrected chi connectivity index (χ2v) is 1.17. The van der Waals surface area contributed by atoms with Crippen molar-refractivity contribution in [1.82, 2.24) is 0 Å². The van der Waals surface area contributed by atoms with Gasteiger partial charge in [0, 0.05) is 5.90 Å². The molecule has 6 heavy (non-hydrogen) atoms. The minimum Gasteiger partial charge on any atom is -0.407 e. The van der Waals surface area contributed by atoms with Crippen molar-refractivity contribution >= 4 is 14.8 Å². The average molecular weight is 85.7 g/mol. The van der Waals surface area contributed by atoms with Gasteiger partial charge in [0.05, 0.1) is 0 Å². The largest absolute Gasteiger partial charge is 0.407 e. The van der Waals surface area contributed by atoms with Gasteiger partial charge in [-0.05, 0) is 0 Å². The zero-order valence-corrected chi connectivity index (χ0v) is 3.56. The molecule has 0 rings (SSSR count). The molecule has 0 heterocycles. The molecule has 4 heteroatoms. The molecule has 0 amide bonds. The first kappa shape index (κ1) is 6.02. The molecule has 0 aromatic carbocycles. The van der Waals surface area contributed by atoms with E-state index in [2.05, 4.69) is 7.85 Å². The Kier molecular flexibility index (Phi) is 2.25. The molecular formula is C2H5B2FO. The van der Waals surface area contributed by atoms with Gasteiger partial charge in [-0.3, -0.25) is 0 Å². The Balaban J connectivity index is 2.99. The normalized spacial score (nSPS) is 13.8. The van der Waals surface area contributed by atoms with Gasteiger partial charge in [-0.2, -0.15) is 0 Å². The van der Waals surface area contributed by atoms with Crippen molar-refractivity contribution in [2.24, 2.45) is 0 Å². The molecule has 0 fully saturated rings. The number of aliphatic hydroxyl groups is 1. The van der Waals surface area contributed by atoms with E-state index in [1.54, 1.807) is 0 Å². The molecule has 2 radical (unpaired) electrons. The summed E-state index contributed by atoms with van der Waals surface area (Å²) >= 11 is 0. The summed E-state index contributed by atoms with van der Waals surface area (Å²) in [4.78, 5) is 0. The molecule has 0 aromatic rings. The third-order valence-electron chi connectivity index (χ3n) is 0.471. The van der Waals surface area contributed by atoms with Crippen molar-refractivity contribution < 1.29 is 9.42 Å². The maximum Gasteiger partial charge on any atom is 0.364 e. The van der Waals surface area contributed by atoms with Gasteiger partial charge in [0.15, 0.2) is 0 Å². The average Bonchev–Trinajstić information content (AvgIpc) is 1.36. The minimum atomic E-state index is -1.31. The molecule has 1 nitrogen and oxygen atoms in total. The molecule has 0 saturated carbocycles. The Morgan fingerprint density at radius 3 is 2.17 bits per heavy atom. The lowest BCUT2D eigenvalue weighted by molar-refractivity contribution is 0.315. The summed E-state index contributed by atoms with van der Waals surface area (Å²) in [7, 11) is 4.62. The maximum atomic E-state index is 11.4. The lowest BCUT2D eigenvalue weighted by Gasteiger charge is -1.95. The summed E-state index contributed by atoms with van der Waals surface area (Å²) in [6, 6.07) is 0. The SMILES string of the molecule is [B][C@@H](O)B(C)F. The molecule has 0 unspecified atom stereocenters. The summed E-state index contributed by atoms with van der Waals surface area (Å²) < 4.78 is 11.4. The second-order valence-electron chi connectivity index (χ2n) is 1.17. The van der Waals surface area contributed by atoms with E-state index in [1.165, 1.54) is 6.82 Å². The summed E-state index contributed by atoms with van der Waals surface area (Å²) in [5, 5.41) is 8.03. The monoisotopic (exact) mass is 86.1 g/mol. The minimum absolute atomic E-state index is 1.20. The maximum absolute atomic E-state index is 11.4. The van der Waals surface area contributed by atoms with Gasteiger partial charge < -0.3 is 9.42 Å². The number of aliphatic hydroxyl groups excluding tert-OH is 1. The molecule has 0 aliphatic rings. The standard InChI is InChI=1S/C2H5B2FO/c1-4(5)2(3)6/h2,6H,1H3/t2-/m1/s1. The van der Waals surface area contributed by atoms with Crippen LogP contribution >= 0.6 is 0 Å². The van der Waals surface area contributed by atoms with Gasteiger partial charge in [-0.1, -0.05) is 6.82 Å². The Hall–Kier alpha value is 0.0199. The fraction of sp³-hybridized carbons (Fsp3) is 1.00. The van der Waals surface area contributed by atoms with Crippen LogP contribution in [-0.4, -0.2) is 25.8 Å². The molecule has 0 saturated heterocycles. The van der Waals surface area contributed by atoms with Crippen molar-refractivity contribution in [1.29, 1.82) is 0 Å². The highest BCUT2D eigenvalue weighted by atomic mass is 19.1. The van der Waals surface area contributed by atoms with E-state index in [0.29, 0.717) is 0 Å². The highest BCUT2D eigenvalue weighted by molar-refractivity contribution is 6.59. The molecule has 0 bridgehead atoms. The molecule has 0 spiro atoms. The summed E-state index contributed by atoms with van der Waals surface area (Å²) in [5.74, 6) is -1.31. The highest BCUT2D eigenvalue weighted by Gasteiger charge is 2.10. The number of hydrogen-bond acceptors (Lipinski definition) is 1. The Morgan fingerprint density at radius 1 is 2.00 bits per heavy atom. The Morgan fingerprint density at radius 2 is 2.17 bits per heavy atom. The predicted octanol–water partition coefficient (Wildman–Crippen LogP) is -0.397. The van der Waals surface area contributed by atoms with E-state index in [-0.39, 0.29) is 0 Å². The summed E-state index contributed by atoms with van der Waals surface area (Å²) in [5.41, 5.74) is 0. The summed E-state index contributed by atoms with van der Waals surface area (Å²) in [6.45, 7) is -0.116. The van der Waals surface area contributed by atoms with Crippen LogP contribution in [0, 0.1) is 0 Å². The van der Waals surface area contributed by atoms with Crippen molar-refractivity contribution in [2.45, 2.75) is 12.7 Å². The first-order chi connectivity index (χ1) is 2.64. The topological polar surface area (TPSA) is 20.2 Å². The fourth-order valence-corrected chi connectivity index (χ4v) is 0. The van der Waals surface area contributed by atoms with Gasteiger partial charge in [-0.25, -0.2) is 0 Å². The second kappa shape index (κ2) is 2.24. The van der Waals surface area contributed by atoms with E-state index in [4.69, 9.17) is 5.11 Å². The van der Waals surface area contributed by atoms with Crippen molar-refractivity contribution in [3.05, 3.63) is 0 Å². The van der Waals surface area contributed by atoms with Gasteiger partial charge >= 0.3 is 6.99 Å². The predicted molar refractivity (Wildman–Crippen MR) is 24.5 cm³/mol. The highest BCUT2D eigenvalue weighted by Crippen LogP contribution is 1.84. The first-order valence-corrected chi connectivity index (χ1v) is 1.72. The molecule has 0 aromatic heterocycles. The van der Waals surface area contributed by atoms with Gasteiger partial charge in [0.2, 0.25) is 0 Å². The molecule has 32 valence electrons. The zero-order valence-electron chi connectivity index (χ0n) is 3.56. The number of hydrogen-bond donors (Lipinski definition) is 1. The van der Waals surface area contributed by atoms with Crippen LogP contribution in [0.15, 0.2) is 0 Å². The van der Waals surface area contributed by atoms with Crippen LogP contribution < -0.4 is 0 Å². The zero-order chi connectivity index (χ0) is 5.15. The van der Waals surface area contributed by atoms with Crippen molar-refractivity contribution in [2.75, 3.05) is 0 Å². The van der Waals surface area contributed by atoms with Crippen LogP contribution in [0.2, 0.25) is 6.82 Å². The lowest BCUT2D eigenvalue weighted by atomic mass is 9.60. The van der Waals surface area contributed by atoms with Crippen LogP contribution in [0.3, 0.4) is 0 Å². The van der Waals surface area contributed by atoms with Crippen LogP contribution in [0.25, 0.3) is 0 Å². The van der Waals surface area contributed by atoms with E-state index < -0.39 is 12.9 Å². The lowest BCUT2D eigenvalue weighted by Crippen LogP contribution is -2.22. The van der Waals surface area contributed by atoms with Crippen LogP contribution in [0.1, 0.15) is 0 Å². The van der Waals surface area contributed by atoms with E-state index >= 15 is 0 Å². The Bertz CT molecular complexity index is 32.5. The van der Waals surface area contributed by atoms with Gasteiger partial charge in [0.25, 0.3) is 0 Å². The molecular weight excluding hydrogens is 80.6 g/mol.